The van der Waals surface area contributed by atoms with Gasteiger partial charge in [0.25, 0.3) is 5.60 Å². The van der Waals surface area contributed by atoms with Crippen LogP contribution in [0.25, 0.3) is 32.9 Å². The van der Waals surface area contributed by atoms with Gasteiger partial charge < -0.3 is 10.4 Å². The smallest absolute Gasteiger partial charge is 0.372 e. The van der Waals surface area contributed by atoms with Gasteiger partial charge in [0.15, 0.2) is 0 Å². The molecule has 0 saturated heterocycles. The van der Waals surface area contributed by atoms with E-state index in [1.807, 2.05) is 0 Å². The number of aryl methyl sites for hydroxylation is 1. The molecule has 0 fully saturated rings. The summed E-state index contributed by atoms with van der Waals surface area (Å²) in [6.45, 7) is -0.225. The Kier molecular flexibility index (Phi) is 6.93. The molecule has 8 nitrogen and oxygen atoms in total. The van der Waals surface area contributed by atoms with E-state index in [0.717, 1.165) is 11.6 Å². The van der Waals surface area contributed by atoms with E-state index in [9.17, 15) is 35.7 Å². The van der Waals surface area contributed by atoms with Crippen molar-refractivity contribution in [2.24, 2.45) is 0 Å². The number of pyridine rings is 2. The fourth-order valence-corrected chi connectivity index (χ4v) is 5.18. The Morgan fingerprint density at radius 1 is 0.952 bits per heavy atom. The van der Waals surface area contributed by atoms with Crippen molar-refractivity contribution >= 4 is 42.9 Å². The number of aliphatic hydroxyl groups is 1. The Balaban J connectivity index is 1.53. The van der Waals surface area contributed by atoms with Crippen molar-refractivity contribution < 1.29 is 35.7 Å². The molecule has 42 heavy (non-hydrogen) atoms. The summed E-state index contributed by atoms with van der Waals surface area (Å²) in [6, 6.07) is 12.8. The van der Waals surface area contributed by atoms with Gasteiger partial charge in [-0.15, -0.1) is 0 Å². The fraction of sp³-hybridized carbons (Fsp3) is 0.222. The van der Waals surface area contributed by atoms with Crippen LogP contribution in [0.1, 0.15) is 5.56 Å². The summed E-state index contributed by atoms with van der Waals surface area (Å²) in [5, 5.41) is 18.2. The van der Waals surface area contributed by atoms with Crippen molar-refractivity contribution in [3.8, 4) is 11.3 Å². The number of aromatic nitrogens is 4. The van der Waals surface area contributed by atoms with Crippen molar-refractivity contribution in [3.05, 3.63) is 72.7 Å². The van der Waals surface area contributed by atoms with Crippen LogP contribution in [-0.4, -0.2) is 53.3 Å². The molecule has 0 aliphatic rings. The van der Waals surface area contributed by atoms with Crippen LogP contribution < -0.4 is 5.32 Å². The number of anilines is 2. The van der Waals surface area contributed by atoms with Crippen LogP contribution in [0.2, 0.25) is 0 Å². The molecule has 0 bridgehead atoms. The topological polar surface area (TPSA) is 117 Å². The molecule has 0 aliphatic carbocycles. The van der Waals surface area contributed by atoms with Crippen molar-refractivity contribution in [1.82, 2.24) is 19.7 Å². The summed E-state index contributed by atoms with van der Waals surface area (Å²) in [6.07, 6.45) is -6.33. The molecule has 5 aromatic rings. The van der Waals surface area contributed by atoms with E-state index in [2.05, 4.69) is 20.4 Å². The third-order valence-electron chi connectivity index (χ3n) is 6.89. The lowest BCUT2D eigenvalue weighted by Gasteiger charge is -2.32. The lowest BCUT2D eigenvalue weighted by Crippen LogP contribution is -2.59. The summed E-state index contributed by atoms with van der Waals surface area (Å²) >= 11 is 0. The summed E-state index contributed by atoms with van der Waals surface area (Å²) in [5.74, 6) is 0.442. The lowest BCUT2D eigenvalue weighted by molar-refractivity contribution is -0.372. The second kappa shape index (κ2) is 9.94. The highest BCUT2D eigenvalue weighted by atomic mass is 32.2. The molecule has 0 aliphatic heterocycles. The summed E-state index contributed by atoms with van der Waals surface area (Å²) in [5.41, 5.74) is -2.84. The molecule has 2 aromatic carbocycles. The van der Waals surface area contributed by atoms with Crippen molar-refractivity contribution in [1.29, 1.82) is 4.78 Å². The van der Waals surface area contributed by atoms with Crippen molar-refractivity contribution in [2.75, 3.05) is 11.6 Å². The van der Waals surface area contributed by atoms with Gasteiger partial charge in [-0.25, -0.2) is 14.0 Å². The molecular weight excluding hydrogens is 586 g/mol. The van der Waals surface area contributed by atoms with Crippen LogP contribution in [0, 0.1) is 11.7 Å². The maximum atomic E-state index is 13.3. The minimum atomic E-state index is -5.98. The molecule has 3 aromatic heterocycles. The van der Waals surface area contributed by atoms with Gasteiger partial charge in [0.2, 0.25) is 0 Å². The van der Waals surface area contributed by atoms with E-state index >= 15 is 0 Å². The monoisotopic (exact) mass is 608 g/mol. The maximum Gasteiger partial charge on any atom is 0.428 e. The molecule has 0 amide bonds. The minimum absolute atomic E-state index is 0.0282. The third-order valence-corrected chi connectivity index (χ3v) is 8.06. The molecule has 3 heterocycles. The quantitative estimate of drug-likeness (QED) is 0.187. The molecule has 0 saturated carbocycles. The van der Waals surface area contributed by atoms with Gasteiger partial charge in [-0.2, -0.15) is 31.4 Å². The molecule has 15 heteroatoms. The molecule has 0 unspecified atom stereocenters. The van der Waals surface area contributed by atoms with Crippen molar-refractivity contribution in [3.63, 3.8) is 0 Å². The van der Waals surface area contributed by atoms with Gasteiger partial charge in [-0.1, -0.05) is 6.07 Å². The Hall–Kier alpha value is -4.24. The molecule has 3 N–H and O–H groups in total. The zero-order valence-electron chi connectivity index (χ0n) is 21.9. The number of alkyl halides is 6. The maximum absolute atomic E-state index is 13.3. The van der Waals surface area contributed by atoms with Gasteiger partial charge in [0.05, 0.1) is 33.7 Å². The van der Waals surface area contributed by atoms with Crippen molar-refractivity contribution in [2.45, 2.75) is 36.3 Å². The minimum Gasteiger partial charge on any atom is -0.372 e. The van der Waals surface area contributed by atoms with Crippen LogP contribution in [0.4, 0.5) is 37.8 Å². The SMILES string of the molecule is Cc1c(-c2nccc3cnc(Nc4ccc([S@@](C)(=N)=O)cc4)cc23)ccc2c1cnn2CC(O)(C(F)(F)F)C(F)(F)F. The van der Waals surface area contributed by atoms with Crippen LogP contribution in [-0.2, 0) is 16.3 Å². The number of benzene rings is 2. The Morgan fingerprint density at radius 3 is 2.24 bits per heavy atom. The van der Waals surface area contributed by atoms with Gasteiger partial charge in [-0.3, -0.25) is 9.67 Å². The highest BCUT2D eigenvalue weighted by Gasteiger charge is 2.70. The standard InChI is InChI=1S/C27H22F6N6O2S/c1-15-19(7-8-22-21(15)13-37-39(22)14-25(40,26(28,29)30)27(31,32)33)24-20-11-23(36-12-16(20)9-10-35-24)38-17-3-5-18(6-4-17)42(2,34)41/h3-13,34,40H,14H2,1-2H3,(H,36,38)/t42-/m0/s1. The number of fused-ring (bicyclic) bond motifs is 2. The highest BCUT2D eigenvalue weighted by molar-refractivity contribution is 7.91. The fourth-order valence-electron chi connectivity index (χ4n) is 4.53. The number of hydrogen-bond acceptors (Lipinski definition) is 7. The molecule has 1 atom stereocenters. The predicted molar refractivity (Wildman–Crippen MR) is 145 cm³/mol. The van der Waals surface area contributed by atoms with Crippen LogP contribution >= 0.6 is 0 Å². The largest absolute Gasteiger partial charge is 0.428 e. The van der Waals surface area contributed by atoms with E-state index in [1.54, 1.807) is 55.7 Å². The van der Waals surface area contributed by atoms with Gasteiger partial charge in [-0.05, 0) is 55.0 Å². The molecule has 0 spiro atoms. The van der Waals surface area contributed by atoms with Gasteiger partial charge in [0.1, 0.15) is 5.82 Å². The first kappa shape index (κ1) is 29.3. The van der Waals surface area contributed by atoms with E-state index in [4.69, 9.17) is 4.78 Å². The summed E-state index contributed by atoms with van der Waals surface area (Å²) in [7, 11) is -2.87. The first-order valence-electron chi connectivity index (χ1n) is 12.2. The lowest BCUT2D eigenvalue weighted by atomic mass is 9.98. The molecule has 5 rings (SSSR count). The number of nitrogens with zero attached hydrogens (tertiary/aromatic N) is 4. The number of nitrogens with one attached hydrogen (secondary N) is 2. The first-order valence-corrected chi connectivity index (χ1v) is 14.1. The van der Waals surface area contributed by atoms with Gasteiger partial charge >= 0.3 is 12.4 Å². The average molecular weight is 609 g/mol. The number of rotatable bonds is 6. The number of hydrogen-bond donors (Lipinski definition) is 3. The Labute approximate surface area is 235 Å². The zero-order valence-corrected chi connectivity index (χ0v) is 22.7. The Morgan fingerprint density at radius 2 is 1.62 bits per heavy atom. The highest BCUT2D eigenvalue weighted by Crippen LogP contribution is 2.44. The number of halogens is 6. The van der Waals surface area contributed by atoms with E-state index in [0.29, 0.717) is 43.3 Å². The summed E-state index contributed by atoms with van der Waals surface area (Å²) in [4.78, 5) is 9.27. The average Bonchev–Trinajstić information content (AvgIpc) is 3.30. The van der Waals surface area contributed by atoms with Crippen LogP contribution in [0.5, 0.6) is 0 Å². The zero-order chi connectivity index (χ0) is 30.7. The van der Waals surface area contributed by atoms with E-state index in [1.165, 1.54) is 18.4 Å². The second-order valence-corrected chi connectivity index (χ2v) is 11.9. The normalized spacial score (nSPS) is 14.3. The molecule has 220 valence electrons. The van der Waals surface area contributed by atoms with E-state index in [-0.39, 0.29) is 10.9 Å². The first-order chi connectivity index (χ1) is 19.5. The summed E-state index contributed by atoms with van der Waals surface area (Å²) < 4.78 is 99.9. The Bertz CT molecular complexity index is 1900. The third kappa shape index (κ3) is 5.13. The van der Waals surface area contributed by atoms with Crippen LogP contribution in [0.3, 0.4) is 0 Å². The molecule has 0 radical (unpaired) electrons. The van der Waals surface area contributed by atoms with Crippen LogP contribution in [0.15, 0.2) is 72.0 Å². The van der Waals surface area contributed by atoms with E-state index < -0.39 is 34.2 Å². The van der Waals surface area contributed by atoms with Gasteiger partial charge in [0, 0.05) is 51.0 Å². The second-order valence-electron chi connectivity index (χ2n) is 9.77. The predicted octanol–water partition coefficient (Wildman–Crippen LogP) is 6.59. The molecular formula is C27H22F6N6O2S.